The Morgan fingerprint density at radius 3 is 2.84 bits per heavy atom. The Bertz CT molecular complexity index is 492. The minimum absolute atomic E-state index is 0.0806. The molecular weight excluding hydrogens is 236 g/mol. The third-order valence-corrected chi connectivity index (χ3v) is 4.46. The van der Waals surface area contributed by atoms with Gasteiger partial charge in [0.1, 0.15) is 0 Å². The number of amides is 1. The molecule has 3 rings (SSSR count). The van der Waals surface area contributed by atoms with Crippen LogP contribution < -0.4 is 10.6 Å². The summed E-state index contributed by atoms with van der Waals surface area (Å²) >= 11 is 0. The maximum atomic E-state index is 12.2. The zero-order chi connectivity index (χ0) is 13.3. The third-order valence-electron chi connectivity index (χ3n) is 4.46. The first-order chi connectivity index (χ1) is 9.22. The first-order valence-electron chi connectivity index (χ1n) is 7.33. The average molecular weight is 258 g/mol. The number of rotatable bonds is 5. The van der Waals surface area contributed by atoms with Gasteiger partial charge >= 0.3 is 0 Å². The van der Waals surface area contributed by atoms with Gasteiger partial charge in [0.05, 0.1) is 0 Å². The highest BCUT2D eigenvalue weighted by Gasteiger charge is 2.41. The van der Waals surface area contributed by atoms with Gasteiger partial charge in [0.15, 0.2) is 0 Å². The Labute approximate surface area is 114 Å². The van der Waals surface area contributed by atoms with Crippen molar-refractivity contribution in [2.45, 2.75) is 45.7 Å². The fourth-order valence-corrected chi connectivity index (χ4v) is 3.03. The molecule has 3 heteroatoms. The lowest BCUT2D eigenvalue weighted by molar-refractivity contribution is 0.0943. The highest BCUT2D eigenvalue weighted by atomic mass is 16.1. The van der Waals surface area contributed by atoms with Crippen LogP contribution in [0.15, 0.2) is 18.2 Å². The molecule has 0 unspecified atom stereocenters. The number of fused-ring (bicyclic) bond motifs is 1. The molecule has 1 saturated carbocycles. The van der Waals surface area contributed by atoms with E-state index >= 15 is 0 Å². The Balaban J connectivity index is 1.61. The van der Waals surface area contributed by atoms with E-state index in [1.165, 1.54) is 36.8 Å². The summed E-state index contributed by atoms with van der Waals surface area (Å²) in [4.78, 5) is 12.2. The summed E-state index contributed by atoms with van der Waals surface area (Å²) in [6.45, 7) is 4.87. The van der Waals surface area contributed by atoms with E-state index in [-0.39, 0.29) is 5.91 Å². The van der Waals surface area contributed by atoms with Crippen molar-refractivity contribution in [1.29, 1.82) is 0 Å². The summed E-state index contributed by atoms with van der Waals surface area (Å²) in [6, 6.07) is 6.05. The van der Waals surface area contributed by atoms with Gasteiger partial charge in [-0.15, -0.1) is 0 Å². The monoisotopic (exact) mass is 258 g/mol. The minimum atomic E-state index is 0.0806. The van der Waals surface area contributed by atoms with E-state index in [1.807, 2.05) is 12.1 Å². The molecule has 1 aromatic rings. The van der Waals surface area contributed by atoms with Crippen molar-refractivity contribution in [1.82, 2.24) is 10.6 Å². The average Bonchev–Trinajstić information content (AvgIpc) is 3.02. The van der Waals surface area contributed by atoms with Gasteiger partial charge in [-0.1, -0.05) is 19.4 Å². The molecule has 0 atom stereocenters. The Hall–Kier alpha value is -1.35. The molecule has 0 bridgehead atoms. The first kappa shape index (κ1) is 12.7. The highest BCUT2D eigenvalue weighted by molar-refractivity contribution is 5.94. The molecule has 1 aliphatic heterocycles. The molecule has 0 spiro atoms. The third kappa shape index (κ3) is 2.66. The molecular formula is C16H22N2O. The predicted octanol–water partition coefficient (Wildman–Crippen LogP) is 2.60. The van der Waals surface area contributed by atoms with Crippen LogP contribution in [0.5, 0.6) is 0 Å². The van der Waals surface area contributed by atoms with Crippen molar-refractivity contribution in [3.8, 4) is 0 Å². The molecule has 1 aromatic carbocycles. The molecule has 0 aromatic heterocycles. The first-order valence-corrected chi connectivity index (χ1v) is 7.33. The van der Waals surface area contributed by atoms with Gasteiger partial charge in [-0.25, -0.2) is 0 Å². The van der Waals surface area contributed by atoms with Gasteiger partial charge in [0.25, 0.3) is 5.91 Å². The molecule has 2 N–H and O–H groups in total. The molecule has 0 saturated heterocycles. The summed E-state index contributed by atoms with van der Waals surface area (Å²) in [5.41, 5.74) is 3.81. The highest BCUT2D eigenvalue weighted by Crippen LogP contribution is 2.48. The molecule has 1 fully saturated rings. The Morgan fingerprint density at radius 1 is 1.32 bits per heavy atom. The number of carbonyl (C=O) groups excluding carboxylic acids is 1. The molecule has 2 aliphatic rings. The molecule has 19 heavy (non-hydrogen) atoms. The quantitative estimate of drug-likeness (QED) is 0.852. The lowest BCUT2D eigenvalue weighted by Gasteiger charge is -2.15. The van der Waals surface area contributed by atoms with Crippen molar-refractivity contribution in [2.75, 3.05) is 6.54 Å². The van der Waals surface area contributed by atoms with Crippen molar-refractivity contribution in [3.05, 3.63) is 34.9 Å². The largest absolute Gasteiger partial charge is 0.351 e. The second-order valence-electron chi connectivity index (χ2n) is 6.02. The van der Waals surface area contributed by atoms with Crippen molar-refractivity contribution in [2.24, 2.45) is 5.41 Å². The van der Waals surface area contributed by atoms with E-state index in [0.717, 1.165) is 25.2 Å². The van der Waals surface area contributed by atoms with Gasteiger partial charge in [-0.3, -0.25) is 4.79 Å². The summed E-state index contributed by atoms with van der Waals surface area (Å²) < 4.78 is 0. The van der Waals surface area contributed by atoms with Crippen molar-refractivity contribution in [3.63, 3.8) is 0 Å². The summed E-state index contributed by atoms with van der Waals surface area (Å²) in [7, 11) is 0. The van der Waals surface area contributed by atoms with E-state index in [0.29, 0.717) is 5.41 Å². The number of benzene rings is 1. The predicted molar refractivity (Wildman–Crippen MR) is 75.9 cm³/mol. The Kier molecular flexibility index (Phi) is 3.31. The lowest BCUT2D eigenvalue weighted by atomic mass is 10.0. The van der Waals surface area contributed by atoms with Gasteiger partial charge in [0.2, 0.25) is 0 Å². The summed E-state index contributed by atoms with van der Waals surface area (Å²) in [6.07, 6.45) is 4.99. The van der Waals surface area contributed by atoms with E-state index in [2.05, 4.69) is 23.6 Å². The van der Waals surface area contributed by atoms with Gasteiger partial charge < -0.3 is 10.6 Å². The van der Waals surface area contributed by atoms with E-state index < -0.39 is 0 Å². The summed E-state index contributed by atoms with van der Waals surface area (Å²) in [5.74, 6) is 0.0806. The van der Waals surface area contributed by atoms with Crippen LogP contribution in [0.1, 0.15) is 54.1 Å². The van der Waals surface area contributed by atoms with Crippen LogP contribution >= 0.6 is 0 Å². The maximum absolute atomic E-state index is 12.2. The van der Waals surface area contributed by atoms with Crippen LogP contribution in [0.4, 0.5) is 0 Å². The second-order valence-corrected chi connectivity index (χ2v) is 6.02. The van der Waals surface area contributed by atoms with E-state index in [9.17, 15) is 4.79 Å². The molecule has 1 heterocycles. The van der Waals surface area contributed by atoms with Crippen LogP contribution in [0.3, 0.4) is 0 Å². The van der Waals surface area contributed by atoms with Gasteiger partial charge in [-0.2, -0.15) is 0 Å². The molecule has 3 nitrogen and oxygen atoms in total. The SMILES string of the molecule is CCCC1(CNC(=O)c2ccc3c(c2)CNC3)CC1. The van der Waals surface area contributed by atoms with Crippen LogP contribution in [0, 0.1) is 5.41 Å². The van der Waals surface area contributed by atoms with Crippen LogP contribution in [-0.2, 0) is 13.1 Å². The van der Waals surface area contributed by atoms with Crippen molar-refractivity contribution >= 4 is 5.91 Å². The molecule has 1 amide bonds. The van der Waals surface area contributed by atoms with E-state index in [4.69, 9.17) is 0 Å². The standard InChI is InChI=1S/C16H22N2O/c1-2-5-16(6-7-16)11-18-15(19)12-3-4-13-9-17-10-14(13)8-12/h3-4,8,17H,2,5-7,9-11H2,1H3,(H,18,19). The van der Waals surface area contributed by atoms with Crippen LogP contribution in [0.25, 0.3) is 0 Å². The zero-order valence-electron chi connectivity index (χ0n) is 11.6. The zero-order valence-corrected chi connectivity index (χ0v) is 11.6. The maximum Gasteiger partial charge on any atom is 0.251 e. The van der Waals surface area contributed by atoms with Gasteiger partial charge in [-0.05, 0) is 47.9 Å². The fourth-order valence-electron chi connectivity index (χ4n) is 3.03. The number of hydrogen-bond donors (Lipinski definition) is 2. The fraction of sp³-hybridized carbons (Fsp3) is 0.562. The summed E-state index contributed by atoms with van der Waals surface area (Å²) in [5, 5.41) is 6.42. The molecule has 1 aliphatic carbocycles. The number of carbonyl (C=O) groups is 1. The lowest BCUT2D eigenvalue weighted by Crippen LogP contribution is -2.30. The normalized spacial score (nSPS) is 19.0. The van der Waals surface area contributed by atoms with E-state index in [1.54, 1.807) is 0 Å². The smallest absolute Gasteiger partial charge is 0.251 e. The van der Waals surface area contributed by atoms with Gasteiger partial charge in [0, 0.05) is 25.2 Å². The number of nitrogens with one attached hydrogen (secondary N) is 2. The number of hydrogen-bond acceptors (Lipinski definition) is 2. The van der Waals surface area contributed by atoms with Crippen LogP contribution in [-0.4, -0.2) is 12.5 Å². The Morgan fingerprint density at radius 2 is 2.11 bits per heavy atom. The van der Waals surface area contributed by atoms with Crippen molar-refractivity contribution < 1.29 is 4.79 Å². The minimum Gasteiger partial charge on any atom is -0.351 e. The topological polar surface area (TPSA) is 41.1 Å². The second kappa shape index (κ2) is 4.97. The van der Waals surface area contributed by atoms with Crippen LogP contribution in [0.2, 0.25) is 0 Å². The molecule has 102 valence electrons. The molecule has 0 radical (unpaired) electrons.